The number of rotatable bonds is 12. The van der Waals surface area contributed by atoms with Gasteiger partial charge in [0.2, 0.25) is 18.1 Å². The van der Waals surface area contributed by atoms with E-state index >= 15 is 0 Å². The number of aryl methyl sites for hydroxylation is 1. The number of benzene rings is 2. The molecule has 224 valence electrons. The second-order valence-corrected chi connectivity index (χ2v) is 17.6. The van der Waals surface area contributed by atoms with Crippen molar-refractivity contribution in [2.24, 2.45) is 10.8 Å². The van der Waals surface area contributed by atoms with Crippen LogP contribution in [0.1, 0.15) is 107 Å². The molecule has 4 nitrogen and oxygen atoms in total. The summed E-state index contributed by atoms with van der Waals surface area (Å²) in [6.07, 6.45) is 4.31. The normalized spacial score (nSPS) is 13.6. The van der Waals surface area contributed by atoms with Crippen molar-refractivity contribution in [1.82, 2.24) is 0 Å². The molecule has 0 bridgehead atoms. The summed E-state index contributed by atoms with van der Waals surface area (Å²) in [5.74, 6) is 6.72. The van der Waals surface area contributed by atoms with Gasteiger partial charge in [-0.05, 0) is 97.2 Å². The molecule has 2 aromatic rings. The van der Waals surface area contributed by atoms with Crippen molar-refractivity contribution in [3.8, 4) is 11.8 Å². The average Bonchev–Trinajstić information content (AvgIpc) is 2.87. The van der Waals surface area contributed by atoms with E-state index in [0.717, 1.165) is 36.8 Å². The summed E-state index contributed by atoms with van der Waals surface area (Å²) in [5.41, 5.74) is 5.54. The van der Waals surface area contributed by atoms with E-state index in [1.54, 1.807) is 0 Å². The van der Waals surface area contributed by atoms with Gasteiger partial charge in [-0.25, -0.2) is 0 Å². The monoisotopic (exact) mass is 592 g/mol. The largest absolute Gasteiger partial charge is 0.469 e. The van der Waals surface area contributed by atoms with E-state index < -0.39 is 18.1 Å². The molecular weight excluding hydrogens is 541 g/mol. The number of esters is 1. The van der Waals surface area contributed by atoms with E-state index in [1.807, 2.05) is 0 Å². The molecular formula is C35H52O4Si2. The summed E-state index contributed by atoms with van der Waals surface area (Å²) >= 11 is 0. The topological polar surface area (TPSA) is 44.8 Å². The van der Waals surface area contributed by atoms with Crippen molar-refractivity contribution in [3.63, 3.8) is 0 Å². The van der Waals surface area contributed by atoms with Crippen molar-refractivity contribution < 1.29 is 18.4 Å². The van der Waals surface area contributed by atoms with Gasteiger partial charge in [-0.3, -0.25) is 4.79 Å². The Balaban J connectivity index is 2.42. The molecule has 0 spiro atoms. The van der Waals surface area contributed by atoms with E-state index in [2.05, 4.69) is 122 Å². The lowest BCUT2D eigenvalue weighted by Crippen LogP contribution is -2.31. The molecule has 0 saturated heterocycles. The van der Waals surface area contributed by atoms with E-state index in [0.29, 0.717) is 6.42 Å². The molecule has 0 saturated carbocycles. The van der Waals surface area contributed by atoms with Gasteiger partial charge in [0, 0.05) is 17.5 Å². The second-order valence-electron chi connectivity index (χ2n) is 13.5. The number of hydrogen-bond donors (Lipinski definition) is 0. The molecule has 0 aromatic heterocycles. The number of carbonyl (C=O) groups is 1. The molecule has 41 heavy (non-hydrogen) atoms. The van der Waals surface area contributed by atoms with Crippen LogP contribution in [0.15, 0.2) is 42.5 Å². The highest BCUT2D eigenvalue weighted by atomic mass is 28.3. The third-order valence-electron chi connectivity index (χ3n) is 6.78. The zero-order chi connectivity index (χ0) is 30.8. The van der Waals surface area contributed by atoms with Crippen LogP contribution in [0.25, 0.3) is 0 Å². The number of methoxy groups -OCH3 is 1. The molecule has 6 heteroatoms. The van der Waals surface area contributed by atoms with Crippen LogP contribution in [-0.2, 0) is 24.8 Å². The minimum atomic E-state index is -0.945. The lowest BCUT2D eigenvalue weighted by atomic mass is 9.77. The van der Waals surface area contributed by atoms with Gasteiger partial charge in [-0.2, -0.15) is 0 Å². The minimum absolute atomic E-state index is 0.0227. The number of carbonyl (C=O) groups excluding carboxylic acids is 1. The van der Waals surface area contributed by atoms with Crippen molar-refractivity contribution in [2.45, 2.75) is 112 Å². The fourth-order valence-corrected chi connectivity index (χ4v) is 6.73. The first-order chi connectivity index (χ1) is 19.1. The zero-order valence-corrected chi connectivity index (χ0v) is 29.4. The van der Waals surface area contributed by atoms with Gasteiger partial charge in [-0.1, -0.05) is 78.0 Å². The molecule has 0 amide bonds. The summed E-state index contributed by atoms with van der Waals surface area (Å²) in [4.78, 5) is 11.3. The molecule has 0 aliphatic heterocycles. The predicted molar refractivity (Wildman–Crippen MR) is 175 cm³/mol. The SMILES string of the molecule is COC(=O)CCCCCc1cccc(C#Cc2ccc(C(O[Si](C)C)C(C)(C)C)c(C(O[Si](C)C)C(C)(C)C)c2)c1. The summed E-state index contributed by atoms with van der Waals surface area (Å²) in [6.45, 7) is 22.4. The molecule has 0 N–H and O–H groups in total. The Hall–Kier alpha value is -2.18. The maximum absolute atomic E-state index is 11.3. The number of ether oxygens (including phenoxy) is 1. The van der Waals surface area contributed by atoms with Gasteiger partial charge in [0.05, 0.1) is 19.3 Å². The van der Waals surface area contributed by atoms with Crippen LogP contribution in [0.2, 0.25) is 26.2 Å². The van der Waals surface area contributed by atoms with E-state index in [4.69, 9.17) is 13.6 Å². The minimum Gasteiger partial charge on any atom is -0.469 e. The van der Waals surface area contributed by atoms with Gasteiger partial charge in [0.1, 0.15) is 0 Å². The smallest absolute Gasteiger partial charge is 0.305 e. The second kappa shape index (κ2) is 15.9. The number of hydrogen-bond acceptors (Lipinski definition) is 4. The first-order valence-corrected chi connectivity index (χ1v) is 19.7. The highest BCUT2D eigenvalue weighted by Crippen LogP contribution is 2.45. The third-order valence-corrected chi connectivity index (χ3v) is 8.20. The summed E-state index contributed by atoms with van der Waals surface area (Å²) in [5, 5.41) is 0. The molecule has 2 rings (SSSR count). The molecule has 0 heterocycles. The lowest BCUT2D eigenvalue weighted by molar-refractivity contribution is -0.140. The molecule has 0 fully saturated rings. The summed E-state index contributed by atoms with van der Waals surface area (Å²) in [6, 6.07) is 15.1. The van der Waals surface area contributed by atoms with Crippen molar-refractivity contribution >= 4 is 24.0 Å². The summed E-state index contributed by atoms with van der Waals surface area (Å²) < 4.78 is 18.1. The molecule has 2 atom stereocenters. The molecule has 2 unspecified atom stereocenters. The molecule has 2 radical (unpaired) electrons. The van der Waals surface area contributed by atoms with Crippen LogP contribution in [-0.4, -0.2) is 31.2 Å². The standard InChI is InChI=1S/C35H52O4Si2/c1-34(2,3)32(38-40(8)9)29-23-22-28(25-30(29)33(35(4,5)6)39-41(10)11)21-20-27-18-15-17-26(24-27)16-13-12-14-19-31(36)37-7/h15,17-18,22-25,32-33H,12-14,16,19H2,1-11H3. The van der Waals surface area contributed by atoms with E-state index in [-0.39, 0.29) is 29.0 Å². The Morgan fingerprint density at radius 2 is 1.32 bits per heavy atom. The first kappa shape index (κ1) is 35.0. The molecule has 0 aliphatic rings. The molecule has 0 aliphatic carbocycles. The zero-order valence-electron chi connectivity index (χ0n) is 27.4. The Morgan fingerprint density at radius 1 is 0.756 bits per heavy atom. The maximum Gasteiger partial charge on any atom is 0.305 e. The predicted octanol–water partition coefficient (Wildman–Crippen LogP) is 9.07. The fraction of sp³-hybridized carbons (Fsp3) is 0.571. The van der Waals surface area contributed by atoms with Gasteiger partial charge in [0.15, 0.2) is 0 Å². The van der Waals surface area contributed by atoms with Crippen molar-refractivity contribution in [1.29, 1.82) is 0 Å². The quantitative estimate of drug-likeness (QED) is 0.107. The Bertz CT molecular complexity index is 1180. The van der Waals surface area contributed by atoms with Gasteiger partial charge in [0.25, 0.3) is 0 Å². The van der Waals surface area contributed by atoms with Gasteiger partial charge >= 0.3 is 5.97 Å². The maximum atomic E-state index is 11.3. The van der Waals surface area contributed by atoms with Crippen molar-refractivity contribution in [3.05, 3.63) is 70.3 Å². The summed E-state index contributed by atoms with van der Waals surface area (Å²) in [7, 11) is -0.422. The Labute approximate surface area is 254 Å². The van der Waals surface area contributed by atoms with Crippen LogP contribution < -0.4 is 0 Å². The van der Waals surface area contributed by atoms with Crippen molar-refractivity contribution in [2.75, 3.05) is 7.11 Å². The van der Waals surface area contributed by atoms with E-state index in [1.165, 1.54) is 23.8 Å². The van der Waals surface area contributed by atoms with Crippen LogP contribution in [0, 0.1) is 22.7 Å². The Kier molecular flexibility index (Phi) is 13.6. The van der Waals surface area contributed by atoms with Crippen LogP contribution in [0.4, 0.5) is 0 Å². The fourth-order valence-electron chi connectivity index (χ4n) is 4.83. The van der Waals surface area contributed by atoms with Crippen LogP contribution >= 0.6 is 0 Å². The van der Waals surface area contributed by atoms with Gasteiger partial charge < -0.3 is 13.6 Å². The lowest BCUT2D eigenvalue weighted by Gasteiger charge is -2.39. The Morgan fingerprint density at radius 3 is 1.85 bits per heavy atom. The van der Waals surface area contributed by atoms with Crippen LogP contribution in [0.3, 0.4) is 0 Å². The third kappa shape index (κ3) is 11.9. The highest BCUT2D eigenvalue weighted by Gasteiger charge is 2.36. The molecule has 2 aromatic carbocycles. The van der Waals surface area contributed by atoms with Gasteiger partial charge in [-0.15, -0.1) is 0 Å². The van der Waals surface area contributed by atoms with Crippen LogP contribution in [0.5, 0.6) is 0 Å². The van der Waals surface area contributed by atoms with E-state index in [9.17, 15) is 4.79 Å². The first-order valence-electron chi connectivity index (χ1n) is 14.9. The average molecular weight is 593 g/mol. The highest BCUT2D eigenvalue weighted by molar-refractivity contribution is 6.48. The number of unbranched alkanes of at least 4 members (excludes halogenated alkanes) is 2.